The van der Waals surface area contributed by atoms with Gasteiger partial charge in [-0.3, -0.25) is 0 Å². The first kappa shape index (κ1) is 10.9. The number of hydrogen-bond donors (Lipinski definition) is 2. The third-order valence-corrected chi connectivity index (χ3v) is 3.91. The number of hydrogen-bond acceptors (Lipinski definition) is 3. The first-order valence-electron chi connectivity index (χ1n) is 6.09. The van der Waals surface area contributed by atoms with Gasteiger partial charge in [-0.1, -0.05) is 12.8 Å². The average Bonchev–Trinajstić information content (AvgIpc) is 2.24. The maximum absolute atomic E-state index is 9.95. The zero-order valence-corrected chi connectivity index (χ0v) is 9.21. The molecule has 0 aliphatic heterocycles. The molecule has 0 amide bonds. The summed E-state index contributed by atoms with van der Waals surface area (Å²) >= 11 is 0. The van der Waals surface area contributed by atoms with Crippen molar-refractivity contribution in [3.05, 3.63) is 0 Å². The van der Waals surface area contributed by atoms with Crippen LogP contribution in [0.3, 0.4) is 0 Å². The van der Waals surface area contributed by atoms with Gasteiger partial charge in [0.2, 0.25) is 0 Å². The molecule has 0 radical (unpaired) electrons. The Balaban J connectivity index is 1.79. The Hall–Kier alpha value is -0.590. The molecule has 2 N–H and O–H groups in total. The van der Waals surface area contributed by atoms with Crippen LogP contribution in [0.1, 0.15) is 44.9 Å². The van der Waals surface area contributed by atoms with Crippen molar-refractivity contribution in [2.75, 3.05) is 6.54 Å². The highest BCUT2D eigenvalue weighted by Gasteiger charge is 2.35. The van der Waals surface area contributed by atoms with Crippen LogP contribution in [0, 0.1) is 17.2 Å². The Morgan fingerprint density at radius 3 is 2.60 bits per heavy atom. The van der Waals surface area contributed by atoms with E-state index in [0.717, 1.165) is 32.1 Å². The second-order valence-electron chi connectivity index (χ2n) is 5.09. The van der Waals surface area contributed by atoms with Crippen LogP contribution in [0.5, 0.6) is 0 Å². The molecule has 0 aromatic rings. The molecule has 2 saturated carbocycles. The molecular weight excluding hydrogens is 188 g/mol. The van der Waals surface area contributed by atoms with Gasteiger partial charge in [0, 0.05) is 12.6 Å². The fourth-order valence-electron chi connectivity index (χ4n) is 2.61. The molecule has 0 saturated heterocycles. The van der Waals surface area contributed by atoms with Crippen LogP contribution in [0.2, 0.25) is 0 Å². The number of rotatable bonds is 3. The van der Waals surface area contributed by atoms with E-state index in [1.54, 1.807) is 0 Å². The molecule has 2 unspecified atom stereocenters. The minimum atomic E-state index is -0.461. The van der Waals surface area contributed by atoms with Gasteiger partial charge in [0.05, 0.1) is 17.6 Å². The highest BCUT2D eigenvalue weighted by atomic mass is 16.3. The summed E-state index contributed by atoms with van der Waals surface area (Å²) in [5.74, 6) is 0.155. The van der Waals surface area contributed by atoms with Gasteiger partial charge in [-0.2, -0.15) is 5.26 Å². The minimum Gasteiger partial charge on any atom is -0.389 e. The summed E-state index contributed by atoms with van der Waals surface area (Å²) in [5.41, 5.74) is -0.461. The van der Waals surface area contributed by atoms with Gasteiger partial charge in [-0.05, 0) is 32.1 Å². The van der Waals surface area contributed by atoms with E-state index in [2.05, 4.69) is 11.4 Å². The zero-order valence-electron chi connectivity index (χ0n) is 9.21. The molecule has 0 bridgehead atoms. The van der Waals surface area contributed by atoms with Gasteiger partial charge >= 0.3 is 0 Å². The molecule has 2 aliphatic carbocycles. The van der Waals surface area contributed by atoms with Gasteiger partial charge in [0.1, 0.15) is 0 Å². The van der Waals surface area contributed by atoms with E-state index < -0.39 is 5.60 Å². The Morgan fingerprint density at radius 1 is 1.27 bits per heavy atom. The molecule has 15 heavy (non-hydrogen) atoms. The Kier molecular flexibility index (Phi) is 3.28. The molecule has 84 valence electrons. The molecule has 0 spiro atoms. The number of aliphatic hydroxyl groups is 1. The van der Waals surface area contributed by atoms with E-state index >= 15 is 0 Å². The van der Waals surface area contributed by atoms with E-state index in [0.29, 0.717) is 12.6 Å². The summed E-state index contributed by atoms with van der Waals surface area (Å²) in [6.45, 7) is 0.676. The fourth-order valence-corrected chi connectivity index (χ4v) is 2.61. The number of nitrogens with one attached hydrogen (secondary N) is 1. The quantitative estimate of drug-likeness (QED) is 0.740. The zero-order chi connectivity index (χ0) is 10.7. The van der Waals surface area contributed by atoms with Crippen LogP contribution in [-0.2, 0) is 0 Å². The molecule has 2 aliphatic rings. The number of nitrogens with zero attached hydrogens (tertiary/aromatic N) is 1. The van der Waals surface area contributed by atoms with Crippen molar-refractivity contribution in [2.45, 2.75) is 56.6 Å². The summed E-state index contributed by atoms with van der Waals surface area (Å²) in [6, 6.07) is 2.70. The average molecular weight is 208 g/mol. The lowest BCUT2D eigenvalue weighted by Crippen LogP contribution is -2.50. The van der Waals surface area contributed by atoms with Gasteiger partial charge in [0.25, 0.3) is 0 Å². The van der Waals surface area contributed by atoms with Crippen molar-refractivity contribution < 1.29 is 5.11 Å². The van der Waals surface area contributed by atoms with Crippen LogP contribution < -0.4 is 5.32 Å². The highest BCUT2D eigenvalue weighted by molar-refractivity contribution is 4.97. The van der Waals surface area contributed by atoms with Crippen molar-refractivity contribution in [1.29, 1.82) is 5.26 Å². The Bertz CT molecular complexity index is 255. The summed E-state index contributed by atoms with van der Waals surface area (Å²) in [6.07, 6.45) is 7.49. The van der Waals surface area contributed by atoms with E-state index in [1.165, 1.54) is 12.8 Å². The highest BCUT2D eigenvalue weighted by Crippen LogP contribution is 2.31. The maximum atomic E-state index is 9.95. The van der Waals surface area contributed by atoms with Gasteiger partial charge in [-0.25, -0.2) is 0 Å². The Morgan fingerprint density at radius 2 is 2.00 bits per heavy atom. The van der Waals surface area contributed by atoms with Crippen LogP contribution in [0.15, 0.2) is 0 Å². The summed E-state index contributed by atoms with van der Waals surface area (Å²) in [7, 11) is 0. The third kappa shape index (κ3) is 2.50. The minimum absolute atomic E-state index is 0.155. The van der Waals surface area contributed by atoms with Crippen LogP contribution in [0.4, 0.5) is 0 Å². The predicted octanol–water partition coefficient (Wildman–Crippen LogP) is 1.57. The molecule has 0 heterocycles. The van der Waals surface area contributed by atoms with Crippen molar-refractivity contribution in [1.82, 2.24) is 5.32 Å². The molecule has 2 atom stereocenters. The molecule has 2 fully saturated rings. The molecule has 3 nitrogen and oxygen atoms in total. The van der Waals surface area contributed by atoms with Crippen LogP contribution in [0.25, 0.3) is 0 Å². The first-order valence-corrected chi connectivity index (χ1v) is 6.09. The lowest BCUT2D eigenvalue weighted by atomic mass is 9.79. The molecule has 3 heteroatoms. The Labute approximate surface area is 91.5 Å². The lowest BCUT2D eigenvalue weighted by molar-refractivity contribution is -0.0347. The monoisotopic (exact) mass is 208 g/mol. The van der Waals surface area contributed by atoms with Gasteiger partial charge in [-0.15, -0.1) is 0 Å². The van der Waals surface area contributed by atoms with E-state index in [1.807, 2.05) is 0 Å². The standard InChI is InChI=1S/C12H20N2O/c13-8-10-4-1-2-5-11(10)14-9-12(15)6-3-7-12/h10-11,14-15H,1-7,9H2. The molecular formula is C12H20N2O. The molecule has 0 aromatic heterocycles. The predicted molar refractivity (Wildman–Crippen MR) is 58.2 cm³/mol. The molecule has 2 rings (SSSR count). The van der Waals surface area contributed by atoms with Crippen molar-refractivity contribution in [3.8, 4) is 6.07 Å². The van der Waals surface area contributed by atoms with Crippen molar-refractivity contribution >= 4 is 0 Å². The first-order chi connectivity index (χ1) is 7.23. The van der Waals surface area contributed by atoms with E-state index in [4.69, 9.17) is 5.26 Å². The summed E-state index contributed by atoms with van der Waals surface area (Å²) in [4.78, 5) is 0. The SMILES string of the molecule is N#CC1CCCCC1NCC1(O)CCC1. The summed E-state index contributed by atoms with van der Waals surface area (Å²) < 4.78 is 0. The maximum Gasteiger partial charge on any atom is 0.0771 e. The fraction of sp³-hybridized carbons (Fsp3) is 0.917. The van der Waals surface area contributed by atoms with Gasteiger partial charge < -0.3 is 10.4 Å². The normalized spacial score (nSPS) is 34.1. The molecule has 0 aromatic carbocycles. The topological polar surface area (TPSA) is 56.0 Å². The lowest BCUT2D eigenvalue weighted by Gasteiger charge is -2.39. The second-order valence-corrected chi connectivity index (χ2v) is 5.09. The van der Waals surface area contributed by atoms with Crippen LogP contribution >= 0.6 is 0 Å². The second kappa shape index (κ2) is 4.51. The smallest absolute Gasteiger partial charge is 0.0771 e. The van der Waals surface area contributed by atoms with Crippen molar-refractivity contribution in [3.63, 3.8) is 0 Å². The largest absolute Gasteiger partial charge is 0.389 e. The third-order valence-electron chi connectivity index (χ3n) is 3.91. The van der Waals surface area contributed by atoms with E-state index in [-0.39, 0.29) is 5.92 Å². The van der Waals surface area contributed by atoms with Crippen LogP contribution in [-0.4, -0.2) is 23.3 Å². The van der Waals surface area contributed by atoms with E-state index in [9.17, 15) is 5.11 Å². The van der Waals surface area contributed by atoms with Gasteiger partial charge in [0.15, 0.2) is 0 Å². The number of nitriles is 1. The summed E-state index contributed by atoms with van der Waals surface area (Å²) in [5, 5.41) is 22.4. The van der Waals surface area contributed by atoms with Crippen molar-refractivity contribution in [2.24, 2.45) is 5.92 Å².